The zero-order chi connectivity index (χ0) is 19.9. The van der Waals surface area contributed by atoms with Crippen LogP contribution in [0.4, 0.5) is 30.7 Å². The first-order valence-corrected chi connectivity index (χ1v) is 8.05. The van der Waals surface area contributed by atoms with Crippen LogP contribution in [-0.4, -0.2) is 47.9 Å². The second-order valence-corrected chi connectivity index (χ2v) is 6.14. The fraction of sp³-hybridized carbons (Fsp3) is 0.500. The summed E-state index contributed by atoms with van der Waals surface area (Å²) < 4.78 is 99.7. The van der Waals surface area contributed by atoms with Crippen molar-refractivity contribution >= 4 is 11.9 Å². The highest BCUT2D eigenvalue weighted by atomic mass is 19.4. The van der Waals surface area contributed by atoms with Gasteiger partial charge in [0, 0.05) is 18.7 Å². The summed E-state index contributed by atoms with van der Waals surface area (Å²) in [7, 11) is 0. The first kappa shape index (κ1) is 19.4. The van der Waals surface area contributed by atoms with E-state index in [1.165, 1.54) is 4.90 Å². The third-order valence-corrected chi connectivity index (χ3v) is 4.20. The number of ether oxygens (including phenoxy) is 1. The predicted molar refractivity (Wildman–Crippen MR) is 81.7 cm³/mol. The standard InChI is InChI=1S/C16H14F7N3O/c17-11-6-4-5-10(9-11)12-24-14(15(18,19)20,16(21,22)23)25-13(27-12)26-7-2-1-3-8-26/h4-6,9H,1-3,7-8H2. The molecule has 2 aliphatic heterocycles. The Labute approximate surface area is 149 Å². The molecule has 0 aromatic heterocycles. The summed E-state index contributed by atoms with van der Waals surface area (Å²) in [5, 5.41) is 0. The molecule has 3 rings (SSSR count). The molecular weight excluding hydrogens is 383 g/mol. The van der Waals surface area contributed by atoms with Gasteiger partial charge in [0.15, 0.2) is 0 Å². The van der Waals surface area contributed by atoms with Crippen molar-refractivity contribution < 1.29 is 35.5 Å². The van der Waals surface area contributed by atoms with E-state index in [2.05, 4.69) is 9.98 Å². The van der Waals surface area contributed by atoms with E-state index < -0.39 is 35.8 Å². The van der Waals surface area contributed by atoms with Crippen molar-refractivity contribution in [2.45, 2.75) is 37.3 Å². The van der Waals surface area contributed by atoms with Crippen LogP contribution < -0.4 is 0 Å². The minimum absolute atomic E-state index is 0.195. The SMILES string of the molecule is Fc1cccc(C2=NC(C(F)(F)F)(C(F)(F)F)N=C(N3CCCCC3)O2)c1. The molecule has 2 aliphatic rings. The summed E-state index contributed by atoms with van der Waals surface area (Å²) in [6.07, 6.45) is -9.80. The van der Waals surface area contributed by atoms with Crippen molar-refractivity contribution in [2.75, 3.05) is 13.1 Å². The monoisotopic (exact) mass is 397 g/mol. The smallest absolute Gasteiger partial charge is 0.406 e. The van der Waals surface area contributed by atoms with Crippen LogP contribution in [0.1, 0.15) is 24.8 Å². The molecule has 4 nitrogen and oxygen atoms in total. The molecule has 0 spiro atoms. The van der Waals surface area contributed by atoms with E-state index in [0.29, 0.717) is 12.8 Å². The minimum Gasteiger partial charge on any atom is -0.406 e. The quantitative estimate of drug-likeness (QED) is 0.664. The van der Waals surface area contributed by atoms with Crippen LogP contribution in [0.15, 0.2) is 34.3 Å². The molecular formula is C16H14F7N3O. The molecule has 1 fully saturated rings. The van der Waals surface area contributed by atoms with Gasteiger partial charge in [-0.1, -0.05) is 6.07 Å². The number of hydrogen-bond acceptors (Lipinski definition) is 4. The van der Waals surface area contributed by atoms with Crippen LogP contribution in [0.25, 0.3) is 0 Å². The molecule has 0 saturated carbocycles. The molecule has 148 valence electrons. The average Bonchev–Trinajstić information content (AvgIpc) is 2.60. The van der Waals surface area contributed by atoms with E-state index in [-0.39, 0.29) is 18.7 Å². The highest BCUT2D eigenvalue weighted by Gasteiger charge is 2.74. The summed E-state index contributed by atoms with van der Waals surface area (Å²) >= 11 is 0. The van der Waals surface area contributed by atoms with Gasteiger partial charge in [0.25, 0.3) is 6.02 Å². The molecule has 1 aromatic carbocycles. The van der Waals surface area contributed by atoms with Crippen LogP contribution in [0.2, 0.25) is 0 Å². The topological polar surface area (TPSA) is 37.2 Å². The Morgan fingerprint density at radius 1 is 0.926 bits per heavy atom. The van der Waals surface area contributed by atoms with E-state index in [9.17, 15) is 30.7 Å². The Hall–Kier alpha value is -2.33. The number of alkyl halides is 6. The summed E-state index contributed by atoms with van der Waals surface area (Å²) in [4.78, 5) is 6.85. The average molecular weight is 397 g/mol. The van der Waals surface area contributed by atoms with Gasteiger partial charge in [-0.05, 0) is 37.5 Å². The lowest BCUT2D eigenvalue weighted by Gasteiger charge is -2.37. The third-order valence-electron chi connectivity index (χ3n) is 4.20. The lowest BCUT2D eigenvalue weighted by molar-refractivity contribution is -0.293. The lowest BCUT2D eigenvalue weighted by atomic mass is 10.1. The van der Waals surface area contributed by atoms with Crippen LogP contribution in [0, 0.1) is 5.82 Å². The maximum absolute atomic E-state index is 13.5. The Morgan fingerprint density at radius 2 is 1.56 bits per heavy atom. The first-order chi connectivity index (χ1) is 12.5. The number of hydrogen-bond donors (Lipinski definition) is 0. The molecule has 0 aliphatic carbocycles. The summed E-state index contributed by atoms with van der Waals surface area (Å²) in [5.41, 5.74) is -5.07. The van der Waals surface area contributed by atoms with Crippen LogP contribution in [-0.2, 0) is 4.74 Å². The highest BCUT2D eigenvalue weighted by molar-refractivity contribution is 6.02. The summed E-state index contributed by atoms with van der Waals surface area (Å²) in [6.45, 7) is 0.391. The molecule has 1 saturated heterocycles. The molecule has 11 heteroatoms. The van der Waals surface area contributed by atoms with Gasteiger partial charge >= 0.3 is 18.0 Å². The van der Waals surface area contributed by atoms with Gasteiger partial charge in [-0.2, -0.15) is 31.3 Å². The van der Waals surface area contributed by atoms with Gasteiger partial charge < -0.3 is 9.64 Å². The fourth-order valence-electron chi connectivity index (χ4n) is 2.82. The number of likely N-dealkylation sites (tertiary alicyclic amines) is 1. The van der Waals surface area contributed by atoms with E-state index >= 15 is 0 Å². The van der Waals surface area contributed by atoms with Crippen molar-refractivity contribution in [2.24, 2.45) is 9.98 Å². The van der Waals surface area contributed by atoms with Crippen LogP contribution in [0.5, 0.6) is 0 Å². The molecule has 0 amide bonds. The van der Waals surface area contributed by atoms with Gasteiger partial charge in [-0.3, -0.25) is 0 Å². The second kappa shape index (κ2) is 6.68. The zero-order valence-electron chi connectivity index (χ0n) is 13.7. The maximum Gasteiger partial charge on any atom is 0.443 e. The first-order valence-electron chi connectivity index (χ1n) is 8.05. The predicted octanol–water partition coefficient (Wildman–Crippen LogP) is 4.27. The number of amidine groups is 1. The van der Waals surface area contributed by atoms with E-state index in [4.69, 9.17) is 4.74 Å². The normalized spacial score (nSPS) is 20.6. The van der Waals surface area contributed by atoms with Crippen molar-refractivity contribution in [1.29, 1.82) is 0 Å². The number of rotatable bonds is 1. The van der Waals surface area contributed by atoms with Crippen molar-refractivity contribution in [3.8, 4) is 0 Å². The van der Waals surface area contributed by atoms with Gasteiger partial charge in [0.1, 0.15) is 5.82 Å². The number of aliphatic imine (C=N–C) groups is 2. The summed E-state index contributed by atoms with van der Waals surface area (Å²) in [5.74, 6) is -1.84. The Balaban J connectivity index is 2.16. The van der Waals surface area contributed by atoms with Gasteiger partial charge in [0.2, 0.25) is 5.90 Å². The van der Waals surface area contributed by atoms with E-state index in [1.54, 1.807) is 0 Å². The molecule has 0 atom stereocenters. The molecule has 0 radical (unpaired) electrons. The van der Waals surface area contributed by atoms with Gasteiger partial charge in [-0.15, -0.1) is 0 Å². The van der Waals surface area contributed by atoms with E-state index in [0.717, 1.165) is 30.7 Å². The van der Waals surface area contributed by atoms with Crippen LogP contribution in [0.3, 0.4) is 0 Å². The maximum atomic E-state index is 13.5. The Kier molecular flexibility index (Phi) is 4.81. The third kappa shape index (κ3) is 3.59. The minimum atomic E-state index is -5.87. The highest BCUT2D eigenvalue weighted by Crippen LogP contribution is 2.49. The molecule has 0 unspecified atom stereocenters. The van der Waals surface area contributed by atoms with Crippen molar-refractivity contribution in [1.82, 2.24) is 4.90 Å². The second-order valence-electron chi connectivity index (χ2n) is 6.14. The number of benzene rings is 1. The van der Waals surface area contributed by atoms with Gasteiger partial charge in [-0.25, -0.2) is 9.38 Å². The molecule has 27 heavy (non-hydrogen) atoms. The van der Waals surface area contributed by atoms with Gasteiger partial charge in [0.05, 0.1) is 0 Å². The molecule has 2 heterocycles. The summed E-state index contributed by atoms with van der Waals surface area (Å²) in [6, 6.07) is 3.16. The van der Waals surface area contributed by atoms with E-state index in [1.807, 2.05) is 0 Å². The van der Waals surface area contributed by atoms with Crippen molar-refractivity contribution in [3.63, 3.8) is 0 Å². The number of halogens is 7. The Morgan fingerprint density at radius 3 is 2.11 bits per heavy atom. The lowest BCUT2D eigenvalue weighted by Crippen LogP contribution is -2.58. The van der Waals surface area contributed by atoms with Crippen molar-refractivity contribution in [3.05, 3.63) is 35.6 Å². The Bertz CT molecular complexity index is 750. The molecule has 1 aromatic rings. The molecule has 0 bridgehead atoms. The zero-order valence-corrected chi connectivity index (χ0v) is 13.7. The largest absolute Gasteiger partial charge is 0.443 e. The van der Waals surface area contributed by atoms with Crippen LogP contribution >= 0.6 is 0 Å². The number of nitrogens with zero attached hydrogens (tertiary/aromatic N) is 3. The molecule has 0 N–H and O–H groups in total. The fourth-order valence-corrected chi connectivity index (χ4v) is 2.82. The number of piperidine rings is 1.